The van der Waals surface area contributed by atoms with Gasteiger partial charge in [-0.2, -0.15) is 9.40 Å². The van der Waals surface area contributed by atoms with Crippen LogP contribution in [0.3, 0.4) is 0 Å². The summed E-state index contributed by atoms with van der Waals surface area (Å²) in [5.74, 6) is -0.376. The van der Waals surface area contributed by atoms with E-state index in [1.54, 1.807) is 29.1 Å². The van der Waals surface area contributed by atoms with E-state index in [9.17, 15) is 13.2 Å². The Morgan fingerprint density at radius 1 is 1.09 bits per heavy atom. The fourth-order valence-corrected chi connectivity index (χ4v) is 5.48. The van der Waals surface area contributed by atoms with Crippen LogP contribution in [0.2, 0.25) is 0 Å². The van der Waals surface area contributed by atoms with Gasteiger partial charge in [-0.3, -0.25) is 9.48 Å². The van der Waals surface area contributed by atoms with Crippen molar-refractivity contribution in [1.82, 2.24) is 14.1 Å². The zero-order valence-corrected chi connectivity index (χ0v) is 20.5. The molecule has 0 unspecified atom stereocenters. The maximum atomic E-state index is 13.3. The number of anilines is 3. The lowest BCUT2D eigenvalue weighted by atomic mass is 10.1. The predicted molar refractivity (Wildman–Crippen MR) is 134 cm³/mol. The van der Waals surface area contributed by atoms with E-state index in [4.69, 9.17) is 0 Å². The van der Waals surface area contributed by atoms with Crippen LogP contribution in [0.25, 0.3) is 0 Å². The van der Waals surface area contributed by atoms with Crippen LogP contribution in [-0.4, -0.2) is 55.6 Å². The third-order valence-electron chi connectivity index (χ3n) is 5.75. The monoisotopic (exact) mass is 482 g/mol. The number of aromatic nitrogens is 2. The van der Waals surface area contributed by atoms with Gasteiger partial charge in [0.05, 0.1) is 11.1 Å². The van der Waals surface area contributed by atoms with Crippen LogP contribution in [0, 0.1) is 0 Å². The molecule has 2 aromatic carbocycles. The van der Waals surface area contributed by atoms with Crippen LogP contribution in [0.4, 0.5) is 17.1 Å². The average Bonchev–Trinajstić information content (AvgIpc) is 3.50. The second-order valence-corrected chi connectivity index (χ2v) is 10.6. The lowest BCUT2D eigenvalue weighted by Crippen LogP contribution is -2.28. The smallest absolute Gasteiger partial charge is 0.255 e. The van der Waals surface area contributed by atoms with Gasteiger partial charge < -0.3 is 15.5 Å². The van der Waals surface area contributed by atoms with E-state index in [0.717, 1.165) is 24.1 Å². The van der Waals surface area contributed by atoms with Crippen molar-refractivity contribution in [2.24, 2.45) is 7.05 Å². The number of nitrogens with zero attached hydrogens (tertiary/aromatic N) is 4. The zero-order chi connectivity index (χ0) is 24.3. The first-order chi connectivity index (χ1) is 16.2. The first-order valence-electron chi connectivity index (χ1n) is 11.2. The molecule has 1 aliphatic rings. The Bertz CT molecular complexity index is 1280. The van der Waals surface area contributed by atoms with Gasteiger partial charge in [-0.1, -0.05) is 6.07 Å². The van der Waals surface area contributed by atoms with Crippen molar-refractivity contribution in [3.8, 4) is 0 Å². The maximum Gasteiger partial charge on any atom is 0.255 e. The fourth-order valence-electron chi connectivity index (χ4n) is 3.89. The topological polar surface area (TPSA) is 99.6 Å². The van der Waals surface area contributed by atoms with Crippen LogP contribution >= 0.6 is 0 Å². The number of aryl methyl sites for hydroxylation is 1. The normalized spacial score (nSPS) is 14.2. The Balaban J connectivity index is 1.64. The molecule has 2 N–H and O–H groups in total. The molecule has 1 amide bonds. The zero-order valence-electron chi connectivity index (χ0n) is 19.7. The number of benzene rings is 2. The minimum Gasteiger partial charge on any atom is -0.381 e. The molecule has 1 fully saturated rings. The molecule has 1 aromatic heterocycles. The van der Waals surface area contributed by atoms with E-state index in [2.05, 4.69) is 15.7 Å². The molecule has 0 aliphatic carbocycles. The van der Waals surface area contributed by atoms with E-state index < -0.39 is 10.0 Å². The van der Waals surface area contributed by atoms with Gasteiger partial charge in [0.2, 0.25) is 10.0 Å². The molecule has 180 valence electrons. The SMILES string of the molecule is CN(C)c1cccc(NC(=O)c2cc(NCc3cnn(C)c3)cc(S(=O)(=O)N3CCCC3)c2)c1. The molecule has 0 radical (unpaired) electrons. The van der Waals surface area contributed by atoms with E-state index in [-0.39, 0.29) is 16.4 Å². The van der Waals surface area contributed by atoms with Gasteiger partial charge in [0.1, 0.15) is 0 Å². The summed E-state index contributed by atoms with van der Waals surface area (Å²) in [5, 5.41) is 10.3. The molecule has 10 heteroatoms. The van der Waals surface area contributed by atoms with Gasteiger partial charge in [0.25, 0.3) is 5.91 Å². The van der Waals surface area contributed by atoms with Crippen LogP contribution < -0.4 is 15.5 Å². The molecule has 1 aliphatic heterocycles. The van der Waals surface area contributed by atoms with E-state index >= 15 is 0 Å². The third-order valence-corrected chi connectivity index (χ3v) is 7.62. The van der Waals surface area contributed by atoms with Crippen LogP contribution in [0.15, 0.2) is 59.8 Å². The van der Waals surface area contributed by atoms with Crippen molar-refractivity contribution in [3.05, 3.63) is 66.0 Å². The Morgan fingerprint density at radius 2 is 1.85 bits per heavy atom. The van der Waals surface area contributed by atoms with Crippen molar-refractivity contribution in [2.45, 2.75) is 24.3 Å². The summed E-state index contributed by atoms with van der Waals surface area (Å²) in [6, 6.07) is 12.2. The molecular weight excluding hydrogens is 452 g/mol. The number of amides is 1. The van der Waals surface area contributed by atoms with Gasteiger partial charge in [-0.05, 0) is 49.2 Å². The Labute approximate surface area is 200 Å². The van der Waals surface area contributed by atoms with Crippen molar-refractivity contribution < 1.29 is 13.2 Å². The van der Waals surface area contributed by atoms with Gasteiger partial charge >= 0.3 is 0 Å². The highest BCUT2D eigenvalue weighted by atomic mass is 32.2. The highest BCUT2D eigenvalue weighted by Crippen LogP contribution is 2.26. The van der Waals surface area contributed by atoms with Crippen molar-refractivity contribution in [1.29, 1.82) is 0 Å². The quantitative estimate of drug-likeness (QED) is 0.512. The largest absolute Gasteiger partial charge is 0.381 e. The standard InChI is InChI=1S/C24H30N6O3S/c1-28(2)22-8-6-7-20(13-22)27-24(31)19-11-21(25-15-18-16-26-29(3)17-18)14-23(12-19)34(32,33)30-9-4-5-10-30/h6-8,11-14,16-17,25H,4-5,9-10,15H2,1-3H3,(H,27,31). The number of hydrogen-bond donors (Lipinski definition) is 2. The van der Waals surface area contributed by atoms with Crippen molar-refractivity contribution in [3.63, 3.8) is 0 Å². The molecule has 0 spiro atoms. The number of carbonyl (C=O) groups is 1. The maximum absolute atomic E-state index is 13.3. The van der Waals surface area contributed by atoms with Gasteiger partial charge in [-0.25, -0.2) is 8.42 Å². The molecule has 2 heterocycles. The van der Waals surface area contributed by atoms with E-state index in [0.29, 0.717) is 31.0 Å². The predicted octanol–water partition coefficient (Wildman–Crippen LogP) is 3.14. The summed E-state index contributed by atoms with van der Waals surface area (Å²) in [4.78, 5) is 15.2. The Morgan fingerprint density at radius 3 is 2.53 bits per heavy atom. The number of carbonyl (C=O) groups excluding carboxylic acids is 1. The minimum atomic E-state index is -3.70. The summed E-state index contributed by atoms with van der Waals surface area (Å²) >= 11 is 0. The fraction of sp³-hybridized carbons (Fsp3) is 0.333. The van der Waals surface area contributed by atoms with Crippen molar-refractivity contribution in [2.75, 3.05) is 42.7 Å². The first-order valence-corrected chi connectivity index (χ1v) is 12.6. The first kappa shape index (κ1) is 23.8. The van der Waals surface area contributed by atoms with E-state index in [1.165, 1.54) is 10.4 Å². The molecule has 9 nitrogen and oxygen atoms in total. The van der Waals surface area contributed by atoms with Gasteiger partial charge in [0, 0.05) is 75.2 Å². The number of hydrogen-bond acceptors (Lipinski definition) is 6. The highest BCUT2D eigenvalue weighted by molar-refractivity contribution is 7.89. The molecule has 1 saturated heterocycles. The Kier molecular flexibility index (Phi) is 6.90. The van der Waals surface area contributed by atoms with Crippen molar-refractivity contribution >= 4 is 33.0 Å². The second-order valence-electron chi connectivity index (χ2n) is 8.63. The molecule has 34 heavy (non-hydrogen) atoms. The lowest BCUT2D eigenvalue weighted by molar-refractivity contribution is 0.102. The number of nitrogens with one attached hydrogen (secondary N) is 2. The molecule has 0 bridgehead atoms. The number of rotatable bonds is 8. The minimum absolute atomic E-state index is 0.109. The molecule has 0 saturated carbocycles. The average molecular weight is 483 g/mol. The second kappa shape index (κ2) is 9.86. The Hall–Kier alpha value is -3.37. The van der Waals surface area contributed by atoms with E-state index in [1.807, 2.05) is 50.4 Å². The number of sulfonamides is 1. The van der Waals surface area contributed by atoms with Crippen LogP contribution in [0.1, 0.15) is 28.8 Å². The molecular formula is C24H30N6O3S. The third kappa shape index (κ3) is 5.40. The summed E-state index contributed by atoms with van der Waals surface area (Å²) < 4.78 is 29.7. The summed E-state index contributed by atoms with van der Waals surface area (Å²) in [6.45, 7) is 1.44. The lowest BCUT2D eigenvalue weighted by Gasteiger charge is -2.18. The summed E-state index contributed by atoms with van der Waals surface area (Å²) in [6.07, 6.45) is 5.30. The highest BCUT2D eigenvalue weighted by Gasteiger charge is 2.28. The van der Waals surface area contributed by atoms with Gasteiger partial charge in [-0.15, -0.1) is 0 Å². The van der Waals surface area contributed by atoms with Gasteiger partial charge in [0.15, 0.2) is 0 Å². The molecule has 0 atom stereocenters. The summed E-state index contributed by atoms with van der Waals surface area (Å²) in [5.41, 5.74) is 3.35. The summed E-state index contributed by atoms with van der Waals surface area (Å²) in [7, 11) is 1.99. The van der Waals surface area contributed by atoms with Crippen LogP contribution in [-0.2, 0) is 23.6 Å². The van der Waals surface area contributed by atoms with Crippen LogP contribution in [0.5, 0.6) is 0 Å². The molecule has 4 rings (SSSR count). The molecule has 3 aromatic rings.